The van der Waals surface area contributed by atoms with Crippen molar-refractivity contribution in [3.05, 3.63) is 83.6 Å². The Morgan fingerprint density at radius 2 is 1.56 bits per heavy atom. The van der Waals surface area contributed by atoms with Crippen LogP contribution in [0, 0.1) is 12.8 Å². The van der Waals surface area contributed by atoms with Gasteiger partial charge in [-0.3, -0.25) is 19.3 Å². The molecule has 0 saturated heterocycles. The molecule has 4 aromatic rings. The molecule has 0 spiro atoms. The predicted molar refractivity (Wildman–Crippen MR) is 128 cm³/mol. The number of hydrogen-bond donors (Lipinski definition) is 1. The van der Waals surface area contributed by atoms with E-state index in [0.717, 1.165) is 15.8 Å². The Kier molecular flexibility index (Phi) is 5.20. The number of para-hydroxylation sites is 1. The summed E-state index contributed by atoms with van der Waals surface area (Å²) >= 11 is 0. The predicted octanol–water partition coefficient (Wildman–Crippen LogP) is 3.99. The fourth-order valence-electron chi connectivity index (χ4n) is 4.32. The molecule has 1 N–H and O–H groups in total. The maximum Gasteiger partial charge on any atom is 0.262 e. The van der Waals surface area contributed by atoms with E-state index in [0.29, 0.717) is 28.5 Å². The number of anilines is 1. The third-order valence-electron chi connectivity index (χ3n) is 5.89. The molecule has 0 saturated carbocycles. The van der Waals surface area contributed by atoms with Crippen molar-refractivity contribution in [1.29, 1.82) is 0 Å². The number of rotatable bonds is 5. The summed E-state index contributed by atoms with van der Waals surface area (Å²) in [5, 5.41) is 8.37. The number of fused-ring (bicyclic) bond motifs is 2. The number of nitrogens with one attached hydrogen (secondary N) is 1. The lowest BCUT2D eigenvalue weighted by atomic mass is 10.0. The van der Waals surface area contributed by atoms with Crippen molar-refractivity contribution in [3.63, 3.8) is 0 Å². The second-order valence-corrected chi connectivity index (χ2v) is 8.65. The second-order valence-electron chi connectivity index (χ2n) is 8.65. The van der Waals surface area contributed by atoms with Crippen molar-refractivity contribution in [2.45, 2.75) is 26.8 Å². The van der Waals surface area contributed by atoms with Crippen LogP contribution in [0.4, 0.5) is 5.82 Å². The molecule has 170 valence electrons. The summed E-state index contributed by atoms with van der Waals surface area (Å²) in [6.07, 6.45) is 0. The standard InChI is InChI=1S/C26H23N5O3/c1-15(2)23(30-25(33)18-9-5-6-10-19(18)26(30)34)24(32)28-22-14-16(3)29-31(22)21-13-12-17-8-4-7-11-20(17)27-21/h4-15,23H,1-3H3,(H,28,32). The van der Waals surface area contributed by atoms with Crippen LogP contribution in [0.3, 0.4) is 0 Å². The first-order chi connectivity index (χ1) is 16.3. The van der Waals surface area contributed by atoms with Gasteiger partial charge in [0.1, 0.15) is 11.9 Å². The summed E-state index contributed by atoms with van der Waals surface area (Å²) in [6, 6.07) is 18.9. The molecule has 1 unspecified atom stereocenters. The first-order valence-electron chi connectivity index (χ1n) is 11.1. The highest BCUT2D eigenvalue weighted by molar-refractivity contribution is 6.23. The van der Waals surface area contributed by atoms with Crippen molar-refractivity contribution >= 4 is 34.4 Å². The summed E-state index contributed by atoms with van der Waals surface area (Å²) in [5.41, 5.74) is 2.11. The summed E-state index contributed by atoms with van der Waals surface area (Å²) in [4.78, 5) is 45.2. The number of aryl methyl sites for hydroxylation is 1. The average molecular weight is 454 g/mol. The number of imide groups is 1. The van der Waals surface area contributed by atoms with Crippen LogP contribution < -0.4 is 5.32 Å². The highest BCUT2D eigenvalue weighted by Crippen LogP contribution is 2.28. The summed E-state index contributed by atoms with van der Waals surface area (Å²) < 4.78 is 1.55. The molecule has 0 fully saturated rings. The van der Waals surface area contributed by atoms with E-state index < -0.39 is 23.8 Å². The zero-order valence-corrected chi connectivity index (χ0v) is 19.0. The maximum absolute atomic E-state index is 13.5. The van der Waals surface area contributed by atoms with Gasteiger partial charge >= 0.3 is 0 Å². The third-order valence-corrected chi connectivity index (χ3v) is 5.89. The lowest BCUT2D eigenvalue weighted by molar-refractivity contribution is -0.121. The minimum Gasteiger partial charge on any atom is -0.309 e. The van der Waals surface area contributed by atoms with Crippen LogP contribution in [0.2, 0.25) is 0 Å². The van der Waals surface area contributed by atoms with Gasteiger partial charge in [-0.05, 0) is 43.2 Å². The topological polar surface area (TPSA) is 97.2 Å². The first-order valence-corrected chi connectivity index (χ1v) is 11.1. The fraction of sp³-hybridized carbons (Fsp3) is 0.192. The first kappa shape index (κ1) is 21.5. The summed E-state index contributed by atoms with van der Waals surface area (Å²) in [6.45, 7) is 5.43. The molecule has 8 nitrogen and oxygen atoms in total. The van der Waals surface area contributed by atoms with Gasteiger partial charge < -0.3 is 5.32 Å². The molecule has 2 aromatic heterocycles. The van der Waals surface area contributed by atoms with Gasteiger partial charge in [0, 0.05) is 11.5 Å². The molecule has 1 aliphatic rings. The van der Waals surface area contributed by atoms with Gasteiger partial charge in [0.05, 0.1) is 22.3 Å². The van der Waals surface area contributed by atoms with Crippen molar-refractivity contribution in [2.24, 2.45) is 5.92 Å². The Morgan fingerprint density at radius 3 is 2.24 bits per heavy atom. The van der Waals surface area contributed by atoms with E-state index in [-0.39, 0.29) is 5.92 Å². The number of benzene rings is 2. The van der Waals surface area contributed by atoms with Crippen LogP contribution >= 0.6 is 0 Å². The van der Waals surface area contributed by atoms with Gasteiger partial charge in [0.15, 0.2) is 5.82 Å². The van der Waals surface area contributed by atoms with Gasteiger partial charge in [-0.25, -0.2) is 4.98 Å². The number of pyridine rings is 1. The molecule has 8 heteroatoms. The molecule has 3 amide bonds. The number of carbonyl (C=O) groups excluding carboxylic acids is 3. The number of nitrogens with zero attached hydrogens (tertiary/aromatic N) is 4. The smallest absolute Gasteiger partial charge is 0.262 e. The van der Waals surface area contributed by atoms with Crippen molar-refractivity contribution in [2.75, 3.05) is 5.32 Å². The number of carbonyl (C=O) groups is 3. The molecule has 5 rings (SSSR count). The molecular weight excluding hydrogens is 430 g/mol. The van der Waals surface area contributed by atoms with Crippen LogP contribution in [0.25, 0.3) is 16.7 Å². The Balaban J connectivity index is 1.48. The van der Waals surface area contributed by atoms with Crippen LogP contribution in [-0.2, 0) is 4.79 Å². The van der Waals surface area contributed by atoms with Gasteiger partial charge in [-0.1, -0.05) is 44.2 Å². The van der Waals surface area contributed by atoms with Gasteiger partial charge in [0.2, 0.25) is 5.91 Å². The zero-order valence-electron chi connectivity index (χ0n) is 19.0. The monoisotopic (exact) mass is 453 g/mol. The minimum absolute atomic E-state index is 0.307. The second kappa shape index (κ2) is 8.22. The summed E-state index contributed by atoms with van der Waals surface area (Å²) in [5.74, 6) is -0.743. The van der Waals surface area contributed by atoms with E-state index in [9.17, 15) is 14.4 Å². The Hall–Kier alpha value is -4.33. The lowest BCUT2D eigenvalue weighted by Crippen LogP contribution is -2.50. The molecule has 2 aromatic carbocycles. The van der Waals surface area contributed by atoms with Crippen LogP contribution in [0.1, 0.15) is 40.3 Å². The van der Waals surface area contributed by atoms with Gasteiger partial charge in [0.25, 0.3) is 11.8 Å². The largest absolute Gasteiger partial charge is 0.309 e. The normalized spacial score (nSPS) is 14.1. The highest BCUT2D eigenvalue weighted by Gasteiger charge is 2.44. The van der Waals surface area contributed by atoms with Gasteiger partial charge in [-0.15, -0.1) is 0 Å². The van der Waals surface area contributed by atoms with E-state index in [1.165, 1.54) is 0 Å². The van der Waals surface area contributed by atoms with Crippen molar-refractivity contribution in [1.82, 2.24) is 19.7 Å². The van der Waals surface area contributed by atoms with E-state index in [1.54, 1.807) is 48.9 Å². The number of aromatic nitrogens is 3. The molecule has 1 atom stereocenters. The van der Waals surface area contributed by atoms with Crippen LogP contribution in [0.15, 0.2) is 66.7 Å². The van der Waals surface area contributed by atoms with Crippen LogP contribution in [-0.4, -0.2) is 43.4 Å². The van der Waals surface area contributed by atoms with E-state index in [2.05, 4.69) is 15.4 Å². The number of hydrogen-bond acceptors (Lipinski definition) is 5. The molecule has 1 aliphatic heterocycles. The lowest BCUT2D eigenvalue weighted by Gasteiger charge is -2.28. The zero-order chi connectivity index (χ0) is 24.0. The Bertz CT molecular complexity index is 1420. The van der Waals surface area contributed by atoms with E-state index in [1.807, 2.05) is 43.3 Å². The molecule has 3 heterocycles. The maximum atomic E-state index is 13.5. The minimum atomic E-state index is -0.986. The number of amides is 3. The molecule has 34 heavy (non-hydrogen) atoms. The third kappa shape index (κ3) is 3.53. The Labute approximate surface area is 196 Å². The van der Waals surface area contributed by atoms with E-state index in [4.69, 9.17) is 0 Å². The SMILES string of the molecule is Cc1cc(NC(=O)C(C(C)C)N2C(=O)c3ccccc3C2=O)n(-c2ccc3ccccc3n2)n1. The van der Waals surface area contributed by atoms with Crippen molar-refractivity contribution in [3.8, 4) is 5.82 Å². The van der Waals surface area contributed by atoms with Crippen molar-refractivity contribution < 1.29 is 14.4 Å². The summed E-state index contributed by atoms with van der Waals surface area (Å²) in [7, 11) is 0. The molecular formula is C26H23N5O3. The highest BCUT2D eigenvalue weighted by atomic mass is 16.2. The van der Waals surface area contributed by atoms with E-state index >= 15 is 0 Å². The molecule has 0 aliphatic carbocycles. The quantitative estimate of drug-likeness (QED) is 0.461. The van der Waals surface area contributed by atoms with Crippen LogP contribution in [0.5, 0.6) is 0 Å². The molecule has 0 bridgehead atoms. The Morgan fingerprint density at radius 1 is 0.912 bits per heavy atom. The van der Waals surface area contributed by atoms with Gasteiger partial charge in [-0.2, -0.15) is 9.78 Å². The average Bonchev–Trinajstić information content (AvgIpc) is 3.31. The fourth-order valence-corrected chi connectivity index (χ4v) is 4.32. The molecule has 0 radical (unpaired) electrons.